The minimum absolute atomic E-state index is 0.369. The van der Waals surface area contributed by atoms with Gasteiger partial charge in [-0.3, -0.25) is 0 Å². The Kier molecular flexibility index (Phi) is 2.69. The van der Waals surface area contributed by atoms with Crippen molar-refractivity contribution in [3.63, 3.8) is 0 Å². The molecule has 0 fully saturated rings. The number of nitriles is 1. The predicted molar refractivity (Wildman–Crippen MR) is 48.8 cm³/mol. The van der Waals surface area contributed by atoms with Gasteiger partial charge in [0.25, 0.3) is 0 Å². The van der Waals surface area contributed by atoms with Crippen LogP contribution in [0.25, 0.3) is 0 Å². The second kappa shape index (κ2) is 3.57. The van der Waals surface area contributed by atoms with Crippen LogP contribution in [0, 0.1) is 18.3 Å². The second-order valence-corrected chi connectivity index (χ2v) is 2.92. The molecule has 1 aromatic rings. The van der Waals surface area contributed by atoms with Crippen molar-refractivity contribution in [1.29, 1.82) is 5.26 Å². The van der Waals surface area contributed by atoms with E-state index in [2.05, 4.69) is 6.07 Å². The van der Waals surface area contributed by atoms with Gasteiger partial charge in [-0.15, -0.1) is 0 Å². The number of aryl methyl sites for hydroxylation is 1. The molecule has 2 N–H and O–H groups in total. The lowest BCUT2D eigenvalue weighted by Crippen LogP contribution is -1.99. The summed E-state index contributed by atoms with van der Waals surface area (Å²) in [6.07, 6.45) is 0. The summed E-state index contributed by atoms with van der Waals surface area (Å²) in [5.41, 5.74) is 7.66. The van der Waals surface area contributed by atoms with Gasteiger partial charge in [0.1, 0.15) is 6.07 Å². The molecule has 0 heterocycles. The summed E-state index contributed by atoms with van der Waals surface area (Å²) < 4.78 is 0. The monoisotopic (exact) mass is 180 g/mol. The highest BCUT2D eigenvalue weighted by atomic mass is 35.5. The Morgan fingerprint density at radius 1 is 1.58 bits per heavy atom. The van der Waals surface area contributed by atoms with Crippen LogP contribution in [0.2, 0.25) is 5.02 Å². The largest absolute Gasteiger partial charge is 0.326 e. The van der Waals surface area contributed by atoms with E-state index in [0.29, 0.717) is 17.1 Å². The summed E-state index contributed by atoms with van der Waals surface area (Å²) in [5, 5.41) is 9.23. The first kappa shape index (κ1) is 9.05. The molecule has 0 aliphatic heterocycles. The topological polar surface area (TPSA) is 49.8 Å². The van der Waals surface area contributed by atoms with Crippen LogP contribution < -0.4 is 5.73 Å². The average molecular weight is 181 g/mol. The zero-order valence-electron chi connectivity index (χ0n) is 6.76. The van der Waals surface area contributed by atoms with Gasteiger partial charge in [0.05, 0.1) is 10.6 Å². The van der Waals surface area contributed by atoms with Gasteiger partial charge < -0.3 is 5.73 Å². The van der Waals surface area contributed by atoms with Crippen LogP contribution in [0.1, 0.15) is 16.7 Å². The van der Waals surface area contributed by atoms with Crippen molar-refractivity contribution in [2.75, 3.05) is 0 Å². The molecule has 0 amide bonds. The van der Waals surface area contributed by atoms with Crippen LogP contribution in [-0.4, -0.2) is 0 Å². The minimum Gasteiger partial charge on any atom is -0.326 e. The quantitative estimate of drug-likeness (QED) is 0.719. The number of rotatable bonds is 1. The Hall–Kier alpha value is -1.04. The highest BCUT2D eigenvalue weighted by Crippen LogP contribution is 2.23. The standard InChI is InChI=1S/C9H9ClN2/c1-6-2-3-7(4-11)9(10)8(6)5-12/h2-3H,4,11H2,1H3. The molecular weight excluding hydrogens is 172 g/mol. The molecule has 0 aliphatic rings. The fourth-order valence-electron chi connectivity index (χ4n) is 1.01. The highest BCUT2D eigenvalue weighted by molar-refractivity contribution is 6.32. The van der Waals surface area contributed by atoms with E-state index < -0.39 is 0 Å². The zero-order valence-corrected chi connectivity index (χ0v) is 7.52. The first-order valence-corrected chi connectivity index (χ1v) is 3.96. The van der Waals surface area contributed by atoms with E-state index >= 15 is 0 Å². The fraction of sp³-hybridized carbons (Fsp3) is 0.222. The molecule has 0 unspecified atom stereocenters. The third-order valence-electron chi connectivity index (χ3n) is 1.76. The van der Waals surface area contributed by atoms with E-state index in [1.807, 2.05) is 19.1 Å². The molecule has 0 aromatic heterocycles. The molecule has 0 bridgehead atoms. The highest BCUT2D eigenvalue weighted by Gasteiger charge is 2.06. The number of nitrogens with two attached hydrogens (primary N) is 1. The molecule has 12 heavy (non-hydrogen) atoms. The van der Waals surface area contributed by atoms with Gasteiger partial charge >= 0.3 is 0 Å². The van der Waals surface area contributed by atoms with E-state index in [-0.39, 0.29) is 0 Å². The Bertz CT molecular complexity index is 339. The van der Waals surface area contributed by atoms with Gasteiger partial charge in [-0.1, -0.05) is 23.7 Å². The average Bonchev–Trinajstić information content (AvgIpc) is 2.06. The molecule has 0 saturated heterocycles. The SMILES string of the molecule is Cc1ccc(CN)c(Cl)c1C#N. The molecule has 0 radical (unpaired) electrons. The number of hydrogen-bond acceptors (Lipinski definition) is 2. The van der Waals surface area contributed by atoms with E-state index in [0.717, 1.165) is 11.1 Å². The summed E-state index contributed by atoms with van der Waals surface area (Å²) in [4.78, 5) is 0. The normalized spacial score (nSPS) is 9.50. The van der Waals surface area contributed by atoms with Crippen molar-refractivity contribution in [3.05, 3.63) is 33.8 Å². The maximum Gasteiger partial charge on any atom is 0.101 e. The predicted octanol–water partition coefficient (Wildman–Crippen LogP) is 1.98. The summed E-state index contributed by atoms with van der Waals surface area (Å²) in [5.74, 6) is 0. The lowest BCUT2D eigenvalue weighted by Gasteiger charge is -2.04. The van der Waals surface area contributed by atoms with Gasteiger partial charge in [-0.05, 0) is 18.1 Å². The summed E-state index contributed by atoms with van der Waals surface area (Å²) in [6, 6.07) is 5.75. The van der Waals surface area contributed by atoms with Gasteiger partial charge in [-0.25, -0.2) is 0 Å². The Morgan fingerprint density at radius 3 is 2.75 bits per heavy atom. The van der Waals surface area contributed by atoms with Gasteiger partial charge in [0.15, 0.2) is 0 Å². The van der Waals surface area contributed by atoms with Crippen molar-refractivity contribution in [2.45, 2.75) is 13.5 Å². The number of nitrogens with zero attached hydrogens (tertiary/aromatic N) is 1. The van der Waals surface area contributed by atoms with Crippen molar-refractivity contribution < 1.29 is 0 Å². The minimum atomic E-state index is 0.369. The molecular formula is C9H9ClN2. The fourth-order valence-corrected chi connectivity index (χ4v) is 1.34. The van der Waals surface area contributed by atoms with Gasteiger partial charge in [0.2, 0.25) is 0 Å². The maximum atomic E-state index is 8.74. The van der Waals surface area contributed by atoms with E-state index in [4.69, 9.17) is 22.6 Å². The second-order valence-electron chi connectivity index (χ2n) is 2.55. The van der Waals surface area contributed by atoms with Crippen molar-refractivity contribution >= 4 is 11.6 Å². The summed E-state index contributed by atoms with van der Waals surface area (Å²) >= 11 is 5.91. The van der Waals surface area contributed by atoms with Crippen molar-refractivity contribution in [1.82, 2.24) is 0 Å². The first-order chi connectivity index (χ1) is 5.70. The molecule has 0 atom stereocenters. The Labute approximate surface area is 76.6 Å². The molecule has 0 aliphatic carbocycles. The van der Waals surface area contributed by atoms with Gasteiger partial charge in [0, 0.05) is 6.54 Å². The molecule has 0 saturated carbocycles. The van der Waals surface area contributed by atoms with Crippen molar-refractivity contribution in [3.8, 4) is 6.07 Å². The lowest BCUT2D eigenvalue weighted by molar-refractivity contribution is 1.07. The molecule has 62 valence electrons. The van der Waals surface area contributed by atoms with E-state index in [9.17, 15) is 0 Å². The zero-order chi connectivity index (χ0) is 9.14. The van der Waals surface area contributed by atoms with Crippen LogP contribution >= 0.6 is 11.6 Å². The molecule has 0 spiro atoms. The first-order valence-electron chi connectivity index (χ1n) is 3.59. The van der Waals surface area contributed by atoms with E-state index in [1.165, 1.54) is 0 Å². The van der Waals surface area contributed by atoms with Crippen LogP contribution in [0.15, 0.2) is 12.1 Å². The Balaban J connectivity index is 3.36. The number of hydrogen-bond donors (Lipinski definition) is 1. The van der Waals surface area contributed by atoms with E-state index in [1.54, 1.807) is 0 Å². The Morgan fingerprint density at radius 2 is 2.25 bits per heavy atom. The molecule has 1 rings (SSSR count). The number of benzene rings is 1. The number of halogens is 1. The maximum absolute atomic E-state index is 8.74. The smallest absolute Gasteiger partial charge is 0.101 e. The summed E-state index contributed by atoms with van der Waals surface area (Å²) in [7, 11) is 0. The lowest BCUT2D eigenvalue weighted by atomic mass is 10.1. The van der Waals surface area contributed by atoms with Crippen LogP contribution in [0.4, 0.5) is 0 Å². The third-order valence-corrected chi connectivity index (χ3v) is 2.19. The van der Waals surface area contributed by atoms with Crippen LogP contribution in [-0.2, 0) is 6.54 Å². The molecule has 2 nitrogen and oxygen atoms in total. The third kappa shape index (κ3) is 1.42. The van der Waals surface area contributed by atoms with Crippen molar-refractivity contribution in [2.24, 2.45) is 5.73 Å². The molecule has 1 aromatic carbocycles. The van der Waals surface area contributed by atoms with Crippen LogP contribution in [0.3, 0.4) is 0 Å². The van der Waals surface area contributed by atoms with Gasteiger partial charge in [-0.2, -0.15) is 5.26 Å². The molecule has 3 heteroatoms. The van der Waals surface area contributed by atoms with Crippen LogP contribution in [0.5, 0.6) is 0 Å². The summed E-state index contributed by atoms with van der Waals surface area (Å²) in [6.45, 7) is 2.22.